The Morgan fingerprint density at radius 1 is 1.64 bits per heavy atom. The van der Waals surface area contributed by atoms with Gasteiger partial charge >= 0.3 is 0 Å². The highest BCUT2D eigenvalue weighted by Gasteiger charge is 2.22. The molecule has 0 radical (unpaired) electrons. The number of rotatable bonds is 4. The van der Waals surface area contributed by atoms with E-state index in [1.54, 1.807) is 0 Å². The van der Waals surface area contributed by atoms with Gasteiger partial charge in [0.25, 0.3) is 0 Å². The van der Waals surface area contributed by atoms with Crippen molar-refractivity contribution in [2.75, 3.05) is 32.8 Å². The summed E-state index contributed by atoms with van der Waals surface area (Å²) in [5.41, 5.74) is 0. The van der Waals surface area contributed by atoms with E-state index in [0.29, 0.717) is 6.61 Å². The summed E-state index contributed by atoms with van der Waals surface area (Å²) in [6.07, 6.45) is 1.03. The van der Waals surface area contributed by atoms with Gasteiger partial charge in [-0.3, -0.25) is 4.79 Å². The Balaban J connectivity index is 2.36. The van der Waals surface area contributed by atoms with Crippen LogP contribution in [0.25, 0.3) is 0 Å². The Morgan fingerprint density at radius 3 is 3.14 bits per heavy atom. The summed E-state index contributed by atoms with van der Waals surface area (Å²) in [5, 5.41) is 3.18. The zero-order chi connectivity index (χ0) is 10.4. The number of hydrogen-bond acceptors (Lipinski definition) is 3. The fraction of sp³-hybridized carbons (Fsp3) is 0.900. The smallest absolute Gasteiger partial charge is 0.239 e. The van der Waals surface area contributed by atoms with Gasteiger partial charge in [0.1, 0.15) is 0 Å². The lowest BCUT2D eigenvalue weighted by molar-refractivity contribution is -0.132. The third-order valence-corrected chi connectivity index (χ3v) is 2.45. The molecule has 1 rings (SSSR count). The van der Waals surface area contributed by atoms with Crippen molar-refractivity contribution < 1.29 is 9.53 Å². The summed E-state index contributed by atoms with van der Waals surface area (Å²) in [7, 11) is 0. The fourth-order valence-electron chi connectivity index (χ4n) is 1.60. The molecule has 1 saturated heterocycles. The van der Waals surface area contributed by atoms with Crippen molar-refractivity contribution in [1.82, 2.24) is 10.2 Å². The van der Waals surface area contributed by atoms with Gasteiger partial charge < -0.3 is 15.0 Å². The summed E-state index contributed by atoms with van der Waals surface area (Å²) in [6.45, 7) is 7.75. The summed E-state index contributed by atoms with van der Waals surface area (Å²) < 4.78 is 5.25. The predicted molar refractivity (Wildman–Crippen MR) is 55.2 cm³/mol. The lowest BCUT2D eigenvalue weighted by Crippen LogP contribution is -2.42. The van der Waals surface area contributed by atoms with Gasteiger partial charge in [0.15, 0.2) is 0 Å². The fourth-order valence-corrected chi connectivity index (χ4v) is 1.60. The van der Waals surface area contributed by atoms with Gasteiger partial charge in [-0.2, -0.15) is 0 Å². The van der Waals surface area contributed by atoms with Crippen LogP contribution in [0.3, 0.4) is 0 Å². The first kappa shape index (κ1) is 11.5. The number of carbonyl (C=O) groups is 1. The quantitative estimate of drug-likeness (QED) is 0.661. The molecule has 82 valence electrons. The van der Waals surface area contributed by atoms with E-state index in [-0.39, 0.29) is 11.9 Å². The van der Waals surface area contributed by atoms with Crippen LogP contribution in [0.2, 0.25) is 0 Å². The molecule has 0 bridgehead atoms. The predicted octanol–water partition coefficient (Wildman–Crippen LogP) is 0.233. The molecular formula is C10H20N2O2. The zero-order valence-corrected chi connectivity index (χ0v) is 9.08. The normalized spacial score (nSPS) is 23.7. The second-order valence-electron chi connectivity index (χ2n) is 3.55. The van der Waals surface area contributed by atoms with E-state index >= 15 is 0 Å². The minimum Gasteiger partial charge on any atom is -0.380 e. The molecule has 0 aromatic carbocycles. The monoisotopic (exact) mass is 200 g/mol. The Morgan fingerprint density at radius 2 is 2.43 bits per heavy atom. The molecule has 0 aromatic rings. The molecule has 1 atom stereocenters. The molecule has 4 heteroatoms. The number of amides is 1. The third kappa shape index (κ3) is 3.27. The van der Waals surface area contributed by atoms with Gasteiger partial charge in [-0.1, -0.05) is 0 Å². The van der Waals surface area contributed by atoms with Crippen LogP contribution in [0, 0.1) is 0 Å². The molecule has 0 aliphatic carbocycles. The van der Waals surface area contributed by atoms with Crippen molar-refractivity contribution in [2.24, 2.45) is 0 Å². The number of ether oxygens (including phenoxy) is 1. The third-order valence-electron chi connectivity index (χ3n) is 2.45. The molecule has 1 fully saturated rings. The van der Waals surface area contributed by atoms with Crippen LogP contribution in [0.4, 0.5) is 0 Å². The van der Waals surface area contributed by atoms with Crippen molar-refractivity contribution >= 4 is 5.91 Å². The molecule has 1 heterocycles. The van der Waals surface area contributed by atoms with Crippen molar-refractivity contribution in [3.8, 4) is 0 Å². The first-order valence-electron chi connectivity index (χ1n) is 5.35. The van der Waals surface area contributed by atoms with Gasteiger partial charge in [0.05, 0.1) is 12.6 Å². The van der Waals surface area contributed by atoms with Gasteiger partial charge in [0.2, 0.25) is 5.91 Å². The minimum absolute atomic E-state index is 0.0425. The Hall–Kier alpha value is -0.610. The van der Waals surface area contributed by atoms with Crippen molar-refractivity contribution in [1.29, 1.82) is 0 Å². The Labute approximate surface area is 85.6 Å². The topological polar surface area (TPSA) is 41.6 Å². The van der Waals surface area contributed by atoms with Crippen LogP contribution < -0.4 is 5.32 Å². The van der Waals surface area contributed by atoms with E-state index in [9.17, 15) is 4.79 Å². The van der Waals surface area contributed by atoms with Crippen molar-refractivity contribution in [2.45, 2.75) is 26.3 Å². The van der Waals surface area contributed by atoms with E-state index in [0.717, 1.165) is 32.7 Å². The summed E-state index contributed by atoms with van der Waals surface area (Å²) in [5.74, 6) is 0.196. The maximum Gasteiger partial charge on any atom is 0.239 e. The number of nitrogens with zero attached hydrogens (tertiary/aromatic N) is 1. The first-order valence-corrected chi connectivity index (χ1v) is 5.35. The van der Waals surface area contributed by atoms with E-state index in [2.05, 4.69) is 5.32 Å². The lowest BCUT2D eigenvalue weighted by Gasteiger charge is -2.22. The van der Waals surface area contributed by atoms with E-state index in [1.165, 1.54) is 0 Å². The van der Waals surface area contributed by atoms with Crippen LogP contribution >= 0.6 is 0 Å². The first-order chi connectivity index (χ1) is 6.75. The molecule has 0 aromatic heterocycles. The summed E-state index contributed by atoms with van der Waals surface area (Å²) >= 11 is 0. The number of carbonyl (C=O) groups excluding carboxylic acids is 1. The molecule has 0 saturated carbocycles. The highest BCUT2D eigenvalue weighted by Crippen LogP contribution is 2.01. The zero-order valence-electron chi connectivity index (χ0n) is 9.08. The Bertz CT molecular complexity index is 185. The second-order valence-corrected chi connectivity index (χ2v) is 3.55. The van der Waals surface area contributed by atoms with Gasteiger partial charge in [-0.15, -0.1) is 0 Å². The van der Waals surface area contributed by atoms with Crippen LogP contribution in [-0.4, -0.2) is 49.7 Å². The molecule has 1 aliphatic rings. The Kier molecular flexibility index (Phi) is 4.90. The van der Waals surface area contributed by atoms with Crippen LogP contribution in [-0.2, 0) is 9.53 Å². The van der Waals surface area contributed by atoms with Gasteiger partial charge in [-0.25, -0.2) is 0 Å². The van der Waals surface area contributed by atoms with Crippen LogP contribution in [0.15, 0.2) is 0 Å². The molecular weight excluding hydrogens is 180 g/mol. The van der Waals surface area contributed by atoms with Crippen LogP contribution in [0.1, 0.15) is 20.3 Å². The molecule has 14 heavy (non-hydrogen) atoms. The van der Waals surface area contributed by atoms with Gasteiger partial charge in [0, 0.05) is 19.7 Å². The molecule has 0 spiro atoms. The number of hydrogen-bond donors (Lipinski definition) is 1. The second kappa shape index (κ2) is 5.98. The molecule has 1 amide bonds. The van der Waals surface area contributed by atoms with Crippen LogP contribution in [0.5, 0.6) is 0 Å². The summed E-state index contributed by atoms with van der Waals surface area (Å²) in [4.78, 5) is 13.6. The van der Waals surface area contributed by atoms with E-state index in [1.807, 2.05) is 18.7 Å². The average molecular weight is 200 g/mol. The molecule has 1 N–H and O–H groups in total. The van der Waals surface area contributed by atoms with E-state index < -0.39 is 0 Å². The van der Waals surface area contributed by atoms with Crippen molar-refractivity contribution in [3.63, 3.8) is 0 Å². The minimum atomic E-state index is -0.0425. The highest BCUT2D eigenvalue weighted by atomic mass is 16.5. The lowest BCUT2D eigenvalue weighted by atomic mass is 10.3. The largest absolute Gasteiger partial charge is 0.380 e. The molecule has 1 aliphatic heterocycles. The standard InChI is InChI=1S/C10H20N2O2/c1-3-14-8-7-12-6-4-5-11-9(2)10(12)13/h9,11H,3-8H2,1-2H3. The number of nitrogens with one attached hydrogen (secondary N) is 1. The molecule has 4 nitrogen and oxygen atoms in total. The van der Waals surface area contributed by atoms with Crippen molar-refractivity contribution in [3.05, 3.63) is 0 Å². The average Bonchev–Trinajstić information content (AvgIpc) is 2.33. The SMILES string of the molecule is CCOCCN1CCCNC(C)C1=O. The molecule has 1 unspecified atom stereocenters. The van der Waals surface area contributed by atoms with E-state index in [4.69, 9.17) is 4.74 Å². The maximum absolute atomic E-state index is 11.7. The van der Waals surface area contributed by atoms with Gasteiger partial charge in [-0.05, 0) is 26.8 Å². The maximum atomic E-state index is 11.7. The highest BCUT2D eigenvalue weighted by molar-refractivity contribution is 5.81. The summed E-state index contributed by atoms with van der Waals surface area (Å²) in [6, 6.07) is -0.0425.